The van der Waals surface area contributed by atoms with Gasteiger partial charge in [0.05, 0.1) is 17.8 Å². The van der Waals surface area contributed by atoms with Crippen molar-refractivity contribution in [2.45, 2.75) is 27.2 Å². The SMILES string of the molecule is C=C.CC1=C(C(=O)Nc2ccc(N)c(C(=N)c3ccnc(N4CC(C)C[C@H](C)C4)c3)c2)CN(N)C(=N)N1C.N.[HH].[HH]. The Morgan fingerprint density at radius 3 is 2.46 bits per heavy atom. The highest BCUT2D eigenvalue weighted by molar-refractivity contribution is 6.15. The molecule has 10 N–H and O–H groups in total. The standard InChI is InChI=1S/C26H35N9O.C2H4.H3N.2H2/c1-15-9-16(2)13-34(12-15)23-10-18(7-8-31-23)24(28)20-11-19(5-6-22(20)27)32-25(36)21-14-35(30)26(29)33(4)17(21)3;1-2;;;/h5-8,10-11,15-16,28-29H,9,12-14,27,30H2,1-4H3,(H,32,36);1-2H2;1H3;2*1H/t15-,16?;;;;/m0..../s1. The zero-order chi connectivity index (χ0) is 28.1. The molecular formula is C28H46N10O. The van der Waals surface area contributed by atoms with Gasteiger partial charge in [0.15, 0.2) is 0 Å². The Bertz CT molecular complexity index is 1260. The van der Waals surface area contributed by atoms with Gasteiger partial charge in [0.1, 0.15) is 5.82 Å². The zero-order valence-electron chi connectivity index (χ0n) is 23.4. The van der Waals surface area contributed by atoms with Gasteiger partial charge in [-0.3, -0.25) is 20.6 Å². The van der Waals surface area contributed by atoms with E-state index in [2.05, 4.69) is 42.2 Å². The number of nitrogens with two attached hydrogens (primary N) is 2. The Morgan fingerprint density at radius 1 is 1.18 bits per heavy atom. The first-order chi connectivity index (χ1) is 18.0. The molecule has 2 atom stereocenters. The Kier molecular flexibility index (Phi) is 10.4. The van der Waals surface area contributed by atoms with Crippen molar-refractivity contribution < 1.29 is 7.65 Å². The fourth-order valence-electron chi connectivity index (χ4n) is 4.96. The first kappa shape index (κ1) is 31.0. The molecule has 0 aliphatic carbocycles. The zero-order valence-corrected chi connectivity index (χ0v) is 23.4. The predicted molar refractivity (Wildman–Crippen MR) is 164 cm³/mol. The summed E-state index contributed by atoms with van der Waals surface area (Å²) in [6, 6.07) is 8.86. The maximum atomic E-state index is 13.0. The molecule has 2 aliphatic rings. The van der Waals surface area contributed by atoms with Gasteiger partial charge in [0.2, 0.25) is 5.96 Å². The van der Waals surface area contributed by atoms with E-state index >= 15 is 0 Å². The van der Waals surface area contributed by atoms with E-state index < -0.39 is 0 Å². The Balaban J connectivity index is 0.00000313. The molecule has 4 rings (SSSR count). The highest BCUT2D eigenvalue weighted by Crippen LogP contribution is 2.27. The summed E-state index contributed by atoms with van der Waals surface area (Å²) in [5.74, 6) is 7.73. The van der Waals surface area contributed by atoms with Crippen molar-refractivity contribution >= 4 is 34.8 Å². The second-order valence-corrected chi connectivity index (χ2v) is 9.96. The summed E-state index contributed by atoms with van der Waals surface area (Å²) in [5, 5.41) is 21.0. The summed E-state index contributed by atoms with van der Waals surface area (Å²) in [4.78, 5) is 21.5. The van der Waals surface area contributed by atoms with Crippen molar-refractivity contribution in [1.82, 2.24) is 21.0 Å². The quantitative estimate of drug-likeness (QED) is 0.141. The molecule has 1 aromatic heterocycles. The number of benzene rings is 1. The Labute approximate surface area is 234 Å². The van der Waals surface area contributed by atoms with Crippen LogP contribution >= 0.6 is 0 Å². The van der Waals surface area contributed by atoms with E-state index in [1.165, 1.54) is 11.4 Å². The molecule has 39 heavy (non-hydrogen) atoms. The van der Waals surface area contributed by atoms with Crippen molar-refractivity contribution in [3.8, 4) is 0 Å². The number of nitrogens with one attached hydrogen (secondary N) is 3. The minimum atomic E-state index is -0.316. The van der Waals surface area contributed by atoms with Gasteiger partial charge in [-0.2, -0.15) is 0 Å². The molecule has 11 heteroatoms. The molecule has 1 saturated heterocycles. The third-order valence-electron chi connectivity index (χ3n) is 6.94. The van der Waals surface area contributed by atoms with E-state index in [0.29, 0.717) is 45.6 Å². The van der Waals surface area contributed by atoms with Crippen LogP contribution in [0.2, 0.25) is 0 Å². The number of amides is 1. The van der Waals surface area contributed by atoms with Crippen LogP contribution < -0.4 is 27.9 Å². The van der Waals surface area contributed by atoms with Gasteiger partial charge < -0.3 is 27.0 Å². The third-order valence-corrected chi connectivity index (χ3v) is 6.94. The monoisotopic (exact) mass is 538 g/mol. The summed E-state index contributed by atoms with van der Waals surface area (Å²) >= 11 is 0. The molecule has 0 bridgehead atoms. The van der Waals surface area contributed by atoms with Crippen LogP contribution in [0.25, 0.3) is 0 Å². The number of piperidine rings is 1. The summed E-state index contributed by atoms with van der Waals surface area (Å²) < 4.78 is 0. The lowest BCUT2D eigenvalue weighted by molar-refractivity contribution is -0.113. The fraction of sp³-hybridized carbons (Fsp3) is 0.357. The van der Waals surface area contributed by atoms with Crippen LogP contribution in [0.1, 0.15) is 41.2 Å². The predicted octanol–water partition coefficient (Wildman–Crippen LogP) is 4.29. The van der Waals surface area contributed by atoms with Crippen molar-refractivity contribution in [2.75, 3.05) is 42.6 Å². The number of hydrazine groups is 1. The average Bonchev–Trinajstić information content (AvgIpc) is 2.90. The van der Waals surface area contributed by atoms with Crippen LogP contribution in [0.15, 0.2) is 61.0 Å². The van der Waals surface area contributed by atoms with Crippen LogP contribution in [-0.4, -0.2) is 59.2 Å². The minimum absolute atomic E-state index is 0. The van der Waals surface area contributed by atoms with Gasteiger partial charge in [0.25, 0.3) is 5.91 Å². The molecule has 1 aromatic carbocycles. The lowest BCUT2D eigenvalue weighted by Crippen LogP contribution is -2.51. The van der Waals surface area contributed by atoms with Crippen LogP contribution in [0.3, 0.4) is 0 Å². The van der Waals surface area contributed by atoms with Crippen LogP contribution in [0.4, 0.5) is 17.2 Å². The lowest BCUT2D eigenvalue weighted by atomic mass is 9.92. The molecule has 214 valence electrons. The van der Waals surface area contributed by atoms with Gasteiger partial charge >= 0.3 is 0 Å². The maximum Gasteiger partial charge on any atom is 0.255 e. The average molecular weight is 539 g/mol. The number of hydrogen-bond acceptors (Lipinski definition) is 8. The fourth-order valence-corrected chi connectivity index (χ4v) is 4.96. The van der Waals surface area contributed by atoms with Gasteiger partial charge in [-0.15, -0.1) is 13.2 Å². The van der Waals surface area contributed by atoms with E-state index in [1.54, 1.807) is 43.3 Å². The summed E-state index contributed by atoms with van der Waals surface area (Å²) in [5.41, 5.74) is 9.85. The van der Waals surface area contributed by atoms with E-state index in [1.807, 2.05) is 12.1 Å². The van der Waals surface area contributed by atoms with Crippen molar-refractivity contribution in [3.63, 3.8) is 0 Å². The first-order valence-corrected chi connectivity index (χ1v) is 12.6. The smallest absolute Gasteiger partial charge is 0.255 e. The highest BCUT2D eigenvalue weighted by atomic mass is 16.1. The van der Waals surface area contributed by atoms with Gasteiger partial charge in [-0.1, -0.05) is 13.8 Å². The topological polar surface area (TPSA) is 186 Å². The largest absolute Gasteiger partial charge is 0.398 e. The second kappa shape index (κ2) is 13.0. The number of nitrogens with zero attached hydrogens (tertiary/aromatic N) is 4. The summed E-state index contributed by atoms with van der Waals surface area (Å²) in [6.07, 6.45) is 2.94. The minimum Gasteiger partial charge on any atom is -0.398 e. The molecule has 0 spiro atoms. The molecule has 3 heterocycles. The number of nitrogen functional groups attached to an aromatic ring is 1. The molecule has 2 aliphatic heterocycles. The summed E-state index contributed by atoms with van der Waals surface area (Å²) in [6.45, 7) is 14.3. The number of pyridine rings is 1. The van der Waals surface area contributed by atoms with Gasteiger partial charge in [-0.05, 0) is 55.5 Å². The second-order valence-electron chi connectivity index (χ2n) is 9.96. The third kappa shape index (κ3) is 6.81. The number of carbonyl (C=O) groups is 1. The highest BCUT2D eigenvalue weighted by Gasteiger charge is 2.27. The molecule has 1 fully saturated rings. The number of anilines is 3. The van der Waals surface area contributed by atoms with E-state index in [4.69, 9.17) is 22.4 Å². The Morgan fingerprint density at radius 2 is 1.82 bits per heavy atom. The van der Waals surface area contributed by atoms with Gasteiger partial charge in [0, 0.05) is 57.4 Å². The molecular weight excluding hydrogens is 492 g/mol. The van der Waals surface area contributed by atoms with Crippen LogP contribution in [-0.2, 0) is 4.79 Å². The number of aromatic nitrogens is 1. The molecule has 1 amide bonds. The number of allylic oxidation sites excluding steroid dienone is 1. The summed E-state index contributed by atoms with van der Waals surface area (Å²) in [7, 11) is 1.70. The lowest BCUT2D eigenvalue weighted by Gasteiger charge is -2.36. The molecule has 2 aromatic rings. The first-order valence-electron chi connectivity index (χ1n) is 12.6. The van der Waals surface area contributed by atoms with Gasteiger partial charge in [-0.25, -0.2) is 10.8 Å². The van der Waals surface area contributed by atoms with E-state index in [-0.39, 0.29) is 33.1 Å². The van der Waals surface area contributed by atoms with Crippen molar-refractivity contribution in [1.29, 1.82) is 10.8 Å². The number of carbonyl (C=O) groups excluding carboxylic acids is 1. The molecule has 0 saturated carbocycles. The number of hydrogen-bond donors (Lipinski definition) is 6. The van der Waals surface area contributed by atoms with Crippen LogP contribution in [0.5, 0.6) is 0 Å². The van der Waals surface area contributed by atoms with Crippen molar-refractivity contribution in [3.05, 3.63) is 72.1 Å². The van der Waals surface area contributed by atoms with E-state index in [9.17, 15) is 4.79 Å². The molecule has 11 nitrogen and oxygen atoms in total. The number of rotatable bonds is 5. The normalized spacial score (nSPS) is 19.1. The van der Waals surface area contributed by atoms with Crippen LogP contribution in [0, 0.1) is 22.7 Å². The molecule has 0 radical (unpaired) electrons. The Hall–Kier alpha value is -4.22. The van der Waals surface area contributed by atoms with Crippen molar-refractivity contribution in [2.24, 2.45) is 17.7 Å². The number of guanidine groups is 1. The molecule has 1 unspecified atom stereocenters. The maximum absolute atomic E-state index is 13.0. The van der Waals surface area contributed by atoms with E-state index in [0.717, 1.165) is 18.9 Å².